The highest BCUT2D eigenvalue weighted by Gasteiger charge is 2.10. The van der Waals surface area contributed by atoms with Crippen LogP contribution in [0, 0.1) is 0 Å². The fraction of sp³-hybridized carbons (Fsp3) is 0. The highest BCUT2D eigenvalue weighted by molar-refractivity contribution is 5.63. The zero-order valence-corrected chi connectivity index (χ0v) is 6.27. The summed E-state index contributed by atoms with van der Waals surface area (Å²) in [5, 5.41) is 1.64. The van der Waals surface area contributed by atoms with Crippen LogP contribution in [-0.4, -0.2) is 4.98 Å². The number of hydrazine groups is 1. The Labute approximate surface area is 69.4 Å². The third kappa shape index (κ3) is 1.06. The summed E-state index contributed by atoms with van der Waals surface area (Å²) in [6, 6.07) is 3.65. The fourth-order valence-corrected chi connectivity index (χ4v) is 0.951. The van der Waals surface area contributed by atoms with Crippen molar-refractivity contribution >= 4 is 11.5 Å². The average molecular weight is 164 g/mol. The lowest BCUT2D eigenvalue weighted by Gasteiger charge is -2.14. The van der Waals surface area contributed by atoms with Gasteiger partial charge in [-0.3, -0.25) is 0 Å². The minimum absolute atomic E-state index is 0.458. The van der Waals surface area contributed by atoms with Crippen molar-refractivity contribution in [2.24, 2.45) is 0 Å². The molecule has 0 aromatic carbocycles. The number of nitrogens with zero attached hydrogens (tertiary/aromatic N) is 2. The first-order valence-corrected chi connectivity index (χ1v) is 3.45. The Morgan fingerprint density at radius 1 is 1.58 bits per heavy atom. The predicted molar refractivity (Wildman–Crippen MR) is 44.5 cm³/mol. The van der Waals surface area contributed by atoms with E-state index in [0.717, 1.165) is 5.69 Å². The molecule has 1 aliphatic rings. The Morgan fingerprint density at radius 2 is 2.50 bits per heavy atom. The van der Waals surface area contributed by atoms with Gasteiger partial charge in [-0.25, -0.2) is 9.99 Å². The molecule has 0 amide bonds. The van der Waals surface area contributed by atoms with E-state index in [0.29, 0.717) is 5.82 Å². The third-order valence-electron chi connectivity index (χ3n) is 1.50. The first-order valence-electron chi connectivity index (χ1n) is 3.45. The molecule has 1 aromatic rings. The Kier molecular flexibility index (Phi) is 1.56. The van der Waals surface area contributed by atoms with Crippen LogP contribution in [0.4, 0.5) is 11.5 Å². The maximum Gasteiger partial charge on any atom is 0.148 e. The zero-order chi connectivity index (χ0) is 8.39. The molecule has 0 aliphatic carbocycles. The van der Waals surface area contributed by atoms with Gasteiger partial charge in [-0.05, 0) is 12.1 Å². The molecule has 0 saturated heterocycles. The number of rotatable bonds is 1. The summed E-state index contributed by atoms with van der Waals surface area (Å²) < 4.78 is 0. The highest BCUT2D eigenvalue weighted by atomic mass is 16.7. The molecule has 2 heterocycles. The summed E-state index contributed by atoms with van der Waals surface area (Å²) >= 11 is 0. The van der Waals surface area contributed by atoms with Crippen LogP contribution in [-0.2, 0) is 4.84 Å². The van der Waals surface area contributed by atoms with Crippen molar-refractivity contribution in [2.75, 3.05) is 10.7 Å². The zero-order valence-electron chi connectivity index (χ0n) is 6.27. The summed E-state index contributed by atoms with van der Waals surface area (Å²) in [5.74, 6) is 0.458. The van der Waals surface area contributed by atoms with Gasteiger partial charge in [-0.15, -0.1) is 0 Å². The first kappa shape index (κ1) is 6.93. The molecule has 0 unspecified atom stereocenters. The quantitative estimate of drug-likeness (QED) is 0.628. The highest BCUT2D eigenvalue weighted by Crippen LogP contribution is 2.19. The largest absolute Gasteiger partial charge is 0.395 e. The second kappa shape index (κ2) is 2.71. The predicted octanol–water partition coefficient (Wildman–Crippen LogP) is 0.391. The molecular formula is C7H8N4O. The van der Waals surface area contributed by atoms with E-state index in [9.17, 15) is 0 Å². The maximum absolute atomic E-state index is 5.62. The van der Waals surface area contributed by atoms with Crippen LogP contribution in [0.3, 0.4) is 0 Å². The Bertz CT molecular complexity index is 312. The third-order valence-corrected chi connectivity index (χ3v) is 1.50. The van der Waals surface area contributed by atoms with Crippen LogP contribution >= 0.6 is 0 Å². The topological polar surface area (TPSA) is 63.4 Å². The average Bonchev–Trinajstić information content (AvgIpc) is 2.57. The van der Waals surface area contributed by atoms with Crippen molar-refractivity contribution < 1.29 is 4.84 Å². The van der Waals surface area contributed by atoms with Crippen molar-refractivity contribution in [1.29, 1.82) is 0 Å². The second-order valence-corrected chi connectivity index (χ2v) is 2.27. The van der Waals surface area contributed by atoms with Gasteiger partial charge in [0.05, 0.1) is 6.20 Å². The van der Waals surface area contributed by atoms with Gasteiger partial charge in [-0.1, -0.05) is 5.59 Å². The van der Waals surface area contributed by atoms with Crippen LogP contribution in [0.1, 0.15) is 0 Å². The van der Waals surface area contributed by atoms with E-state index in [-0.39, 0.29) is 0 Å². The Morgan fingerprint density at radius 3 is 3.17 bits per heavy atom. The molecule has 0 fully saturated rings. The molecule has 0 spiro atoms. The van der Waals surface area contributed by atoms with E-state index in [2.05, 4.69) is 10.6 Å². The van der Waals surface area contributed by atoms with Gasteiger partial charge in [0.1, 0.15) is 17.8 Å². The number of pyridine rings is 1. The lowest BCUT2D eigenvalue weighted by atomic mass is 10.4. The standard InChI is InChI=1S/C7H8N4O/c8-7-6(2-1-3-9-7)11-4-5-12-10-11/h1-5,10H,(H2,8,9). The molecule has 12 heavy (non-hydrogen) atoms. The number of anilines is 2. The van der Waals surface area contributed by atoms with Crippen molar-refractivity contribution in [1.82, 2.24) is 10.6 Å². The van der Waals surface area contributed by atoms with Crippen LogP contribution < -0.4 is 16.3 Å². The molecule has 5 heteroatoms. The van der Waals surface area contributed by atoms with E-state index < -0.39 is 0 Å². The number of nitrogens with one attached hydrogen (secondary N) is 1. The number of aromatic nitrogens is 1. The van der Waals surface area contributed by atoms with Gasteiger partial charge >= 0.3 is 0 Å². The maximum atomic E-state index is 5.62. The van der Waals surface area contributed by atoms with E-state index in [1.54, 1.807) is 23.5 Å². The van der Waals surface area contributed by atoms with Gasteiger partial charge in [0.15, 0.2) is 0 Å². The summed E-state index contributed by atoms with van der Waals surface area (Å²) in [4.78, 5) is 8.71. The van der Waals surface area contributed by atoms with E-state index in [1.165, 1.54) is 6.26 Å². The molecule has 0 bridgehead atoms. The molecule has 1 aromatic heterocycles. The minimum Gasteiger partial charge on any atom is -0.395 e. The molecule has 3 N–H and O–H groups in total. The van der Waals surface area contributed by atoms with E-state index in [4.69, 9.17) is 10.6 Å². The van der Waals surface area contributed by atoms with Gasteiger partial charge in [0.2, 0.25) is 0 Å². The number of nitrogen functional groups attached to an aromatic ring is 1. The summed E-state index contributed by atoms with van der Waals surface area (Å²) in [6.45, 7) is 0. The first-order chi connectivity index (χ1) is 5.88. The van der Waals surface area contributed by atoms with Crippen molar-refractivity contribution in [3.63, 3.8) is 0 Å². The molecule has 0 saturated carbocycles. The van der Waals surface area contributed by atoms with Crippen LogP contribution in [0.15, 0.2) is 30.8 Å². The minimum atomic E-state index is 0.458. The number of hydrogen-bond acceptors (Lipinski definition) is 5. The molecular weight excluding hydrogens is 156 g/mol. The van der Waals surface area contributed by atoms with Crippen molar-refractivity contribution in [2.45, 2.75) is 0 Å². The Hall–Kier alpha value is -1.75. The lowest BCUT2D eigenvalue weighted by Crippen LogP contribution is -2.27. The van der Waals surface area contributed by atoms with Gasteiger partial charge < -0.3 is 10.6 Å². The second-order valence-electron chi connectivity index (χ2n) is 2.27. The van der Waals surface area contributed by atoms with Crippen LogP contribution in [0.2, 0.25) is 0 Å². The van der Waals surface area contributed by atoms with Gasteiger partial charge in [0, 0.05) is 6.20 Å². The lowest BCUT2D eigenvalue weighted by molar-refractivity contribution is 0.159. The molecule has 0 radical (unpaired) electrons. The number of nitrogens with two attached hydrogens (primary N) is 1. The van der Waals surface area contributed by atoms with Crippen LogP contribution in [0.25, 0.3) is 0 Å². The monoisotopic (exact) mass is 164 g/mol. The molecule has 0 atom stereocenters. The molecule has 2 rings (SSSR count). The molecule has 1 aliphatic heterocycles. The molecule has 62 valence electrons. The smallest absolute Gasteiger partial charge is 0.148 e. The SMILES string of the molecule is Nc1ncccc1N1C=CON1. The van der Waals surface area contributed by atoms with E-state index >= 15 is 0 Å². The summed E-state index contributed by atoms with van der Waals surface area (Å²) in [6.07, 6.45) is 4.87. The summed E-state index contributed by atoms with van der Waals surface area (Å²) in [7, 11) is 0. The van der Waals surface area contributed by atoms with Gasteiger partial charge in [-0.2, -0.15) is 0 Å². The van der Waals surface area contributed by atoms with Crippen molar-refractivity contribution in [3.8, 4) is 0 Å². The van der Waals surface area contributed by atoms with Crippen molar-refractivity contribution in [3.05, 3.63) is 30.8 Å². The normalized spacial score (nSPS) is 14.8. The van der Waals surface area contributed by atoms with Gasteiger partial charge in [0.25, 0.3) is 0 Å². The van der Waals surface area contributed by atoms with E-state index in [1.807, 2.05) is 6.07 Å². The van der Waals surface area contributed by atoms with Crippen LogP contribution in [0.5, 0.6) is 0 Å². The number of hydrogen-bond donors (Lipinski definition) is 2. The molecule has 5 nitrogen and oxygen atoms in total. The summed E-state index contributed by atoms with van der Waals surface area (Å²) in [5.41, 5.74) is 9.00. The fourth-order valence-electron chi connectivity index (χ4n) is 0.951. The Balaban J connectivity index is 2.33.